The number of piperidine rings is 1. The Balaban J connectivity index is 0.00000364. The van der Waals surface area contributed by atoms with Gasteiger partial charge in [0.15, 0.2) is 5.96 Å². The van der Waals surface area contributed by atoms with E-state index in [1.807, 2.05) is 18.2 Å². The molecule has 0 radical (unpaired) electrons. The van der Waals surface area contributed by atoms with Gasteiger partial charge in [0.2, 0.25) is 0 Å². The van der Waals surface area contributed by atoms with Gasteiger partial charge in [-0.15, -0.1) is 24.0 Å². The Morgan fingerprint density at radius 1 is 1.30 bits per heavy atom. The minimum atomic E-state index is -5.24. The summed E-state index contributed by atoms with van der Waals surface area (Å²) in [7, 11) is -3.61. The van der Waals surface area contributed by atoms with Crippen LogP contribution in [0.1, 0.15) is 18.5 Å². The Kier molecular flexibility index (Phi) is 9.21. The molecule has 1 aliphatic rings. The highest BCUT2D eigenvalue weighted by atomic mass is 127. The van der Waals surface area contributed by atoms with Gasteiger partial charge in [0.25, 0.3) is 0 Å². The fraction of sp³-hybridized carbons (Fsp3) is 0.600. The molecule has 2 heterocycles. The van der Waals surface area contributed by atoms with E-state index in [9.17, 15) is 21.6 Å². The zero-order valence-corrected chi connectivity index (χ0v) is 17.9. The van der Waals surface area contributed by atoms with Crippen molar-refractivity contribution in [1.82, 2.24) is 19.9 Å². The number of halogens is 4. The normalized spacial score (nSPS) is 17.3. The van der Waals surface area contributed by atoms with Crippen LogP contribution in [0, 0.1) is 5.92 Å². The average molecular weight is 521 g/mol. The molecular weight excluding hydrogens is 498 g/mol. The molecule has 0 atom stereocenters. The van der Waals surface area contributed by atoms with Crippen molar-refractivity contribution in [3.63, 3.8) is 0 Å². The van der Waals surface area contributed by atoms with Crippen LogP contribution in [-0.2, 0) is 16.6 Å². The lowest BCUT2D eigenvalue weighted by atomic mass is 9.98. The van der Waals surface area contributed by atoms with Crippen LogP contribution in [-0.4, -0.2) is 55.9 Å². The first kappa shape index (κ1) is 23.9. The van der Waals surface area contributed by atoms with Crippen molar-refractivity contribution in [3.05, 3.63) is 30.1 Å². The van der Waals surface area contributed by atoms with E-state index in [2.05, 4.69) is 20.6 Å². The van der Waals surface area contributed by atoms with Crippen LogP contribution in [0.4, 0.5) is 13.2 Å². The van der Waals surface area contributed by atoms with Crippen LogP contribution in [0.25, 0.3) is 0 Å². The molecule has 1 saturated heterocycles. The highest BCUT2D eigenvalue weighted by Gasteiger charge is 2.50. The Labute approximate surface area is 173 Å². The molecule has 12 heteroatoms. The predicted molar refractivity (Wildman–Crippen MR) is 107 cm³/mol. The first-order chi connectivity index (χ1) is 12.2. The number of nitrogens with one attached hydrogen (secondary N) is 2. The third-order valence-electron chi connectivity index (χ3n) is 4.15. The highest BCUT2D eigenvalue weighted by molar-refractivity contribution is 14.0. The number of rotatable bonds is 5. The van der Waals surface area contributed by atoms with Crippen molar-refractivity contribution in [2.45, 2.75) is 24.9 Å². The molecule has 0 amide bonds. The molecule has 0 bridgehead atoms. The summed E-state index contributed by atoms with van der Waals surface area (Å²) in [5.41, 5.74) is -4.39. The van der Waals surface area contributed by atoms with E-state index in [4.69, 9.17) is 0 Å². The van der Waals surface area contributed by atoms with Crippen molar-refractivity contribution in [2.24, 2.45) is 10.9 Å². The number of alkyl halides is 3. The van der Waals surface area contributed by atoms with Crippen LogP contribution in [0.2, 0.25) is 0 Å². The van der Waals surface area contributed by atoms with Crippen molar-refractivity contribution in [3.8, 4) is 0 Å². The number of sulfonamides is 1. The zero-order chi connectivity index (χ0) is 19.2. The van der Waals surface area contributed by atoms with E-state index in [1.165, 1.54) is 0 Å². The summed E-state index contributed by atoms with van der Waals surface area (Å²) in [6, 6.07) is 5.57. The predicted octanol–water partition coefficient (Wildman–Crippen LogP) is 1.93. The Morgan fingerprint density at radius 2 is 1.96 bits per heavy atom. The van der Waals surface area contributed by atoms with E-state index in [1.54, 1.807) is 13.2 Å². The van der Waals surface area contributed by atoms with Crippen molar-refractivity contribution < 1.29 is 21.6 Å². The van der Waals surface area contributed by atoms with Gasteiger partial charge < -0.3 is 10.6 Å². The van der Waals surface area contributed by atoms with Crippen molar-refractivity contribution >= 4 is 40.0 Å². The quantitative estimate of drug-likeness (QED) is 0.352. The molecule has 0 unspecified atom stereocenters. The number of hydrogen-bond donors (Lipinski definition) is 2. The van der Waals surface area contributed by atoms with Crippen molar-refractivity contribution in [1.29, 1.82) is 0 Å². The molecule has 1 aromatic heterocycles. The lowest BCUT2D eigenvalue weighted by molar-refractivity contribution is -0.0496. The van der Waals surface area contributed by atoms with E-state index in [0.29, 0.717) is 36.2 Å². The van der Waals surface area contributed by atoms with E-state index >= 15 is 0 Å². The summed E-state index contributed by atoms with van der Waals surface area (Å²) in [6.45, 7) is 0.729. The first-order valence-electron chi connectivity index (χ1n) is 8.15. The second-order valence-electron chi connectivity index (χ2n) is 5.92. The fourth-order valence-electron chi connectivity index (χ4n) is 2.64. The lowest BCUT2D eigenvalue weighted by Gasteiger charge is -2.31. The van der Waals surface area contributed by atoms with Gasteiger partial charge in [0.05, 0.1) is 12.2 Å². The number of nitrogens with zero attached hydrogens (tertiary/aromatic N) is 3. The molecule has 154 valence electrons. The summed E-state index contributed by atoms with van der Waals surface area (Å²) in [6.07, 6.45) is 2.41. The molecular formula is C15H23F3IN5O2S. The zero-order valence-electron chi connectivity index (χ0n) is 14.7. The fourth-order valence-corrected chi connectivity index (χ4v) is 3.62. The van der Waals surface area contributed by atoms with Gasteiger partial charge in [-0.25, -0.2) is 8.42 Å². The van der Waals surface area contributed by atoms with Crippen LogP contribution >= 0.6 is 24.0 Å². The topological polar surface area (TPSA) is 86.7 Å². The van der Waals surface area contributed by atoms with Crippen molar-refractivity contribution in [2.75, 3.05) is 26.7 Å². The third-order valence-corrected chi connectivity index (χ3v) is 5.78. The summed E-state index contributed by atoms with van der Waals surface area (Å²) in [5, 5.41) is 6.21. The maximum absolute atomic E-state index is 12.6. The standard InChI is InChI=1S/C15H22F3N5O2S.HI/c1-19-14(22-11-13-4-2-3-7-20-13)21-10-12-5-8-23(9-6-12)26(24,25)15(16,17)18;/h2-4,7,12H,5-6,8-11H2,1H3,(H2,19,21,22);1H. The molecule has 1 aliphatic heterocycles. The van der Waals surface area contributed by atoms with E-state index < -0.39 is 15.5 Å². The molecule has 27 heavy (non-hydrogen) atoms. The van der Waals surface area contributed by atoms with Crippen LogP contribution < -0.4 is 10.6 Å². The highest BCUT2D eigenvalue weighted by Crippen LogP contribution is 2.30. The Hall–Kier alpha value is -1.15. The maximum Gasteiger partial charge on any atom is 0.511 e. The molecule has 0 spiro atoms. The molecule has 0 aromatic carbocycles. The third kappa shape index (κ3) is 6.75. The largest absolute Gasteiger partial charge is 0.511 e. The summed E-state index contributed by atoms with van der Waals surface area (Å²) in [5.74, 6) is 0.629. The molecule has 2 rings (SSSR count). The van der Waals surface area contributed by atoms with Gasteiger partial charge in [-0.2, -0.15) is 17.5 Å². The summed E-state index contributed by atoms with van der Waals surface area (Å²) >= 11 is 0. The minimum Gasteiger partial charge on any atom is -0.356 e. The number of aromatic nitrogens is 1. The van der Waals surface area contributed by atoms with Crippen LogP contribution in [0.3, 0.4) is 0 Å². The number of pyridine rings is 1. The molecule has 0 saturated carbocycles. The van der Waals surface area contributed by atoms with E-state index in [-0.39, 0.29) is 43.0 Å². The molecule has 1 aromatic rings. The minimum absolute atomic E-state index is 0. The number of guanidine groups is 1. The second-order valence-corrected chi connectivity index (χ2v) is 7.85. The SMILES string of the molecule is CN=C(NCc1ccccn1)NCC1CCN(S(=O)(=O)C(F)(F)F)CC1.I. The second kappa shape index (κ2) is 10.4. The Morgan fingerprint density at radius 3 is 2.48 bits per heavy atom. The number of hydrogen-bond acceptors (Lipinski definition) is 4. The molecule has 2 N–H and O–H groups in total. The molecule has 0 aliphatic carbocycles. The smallest absolute Gasteiger partial charge is 0.356 e. The van der Waals surface area contributed by atoms with Crippen LogP contribution in [0.5, 0.6) is 0 Å². The van der Waals surface area contributed by atoms with Gasteiger partial charge in [-0.3, -0.25) is 9.98 Å². The van der Waals surface area contributed by atoms with Crippen LogP contribution in [0.15, 0.2) is 29.4 Å². The van der Waals surface area contributed by atoms with Gasteiger partial charge in [-0.1, -0.05) is 6.07 Å². The summed E-state index contributed by atoms with van der Waals surface area (Å²) in [4.78, 5) is 8.27. The van der Waals surface area contributed by atoms with Gasteiger partial charge in [0, 0.05) is 32.9 Å². The first-order valence-corrected chi connectivity index (χ1v) is 9.59. The van der Waals surface area contributed by atoms with Gasteiger partial charge in [-0.05, 0) is 30.9 Å². The van der Waals surface area contributed by atoms with Gasteiger partial charge in [0.1, 0.15) is 0 Å². The lowest BCUT2D eigenvalue weighted by Crippen LogP contribution is -2.47. The summed E-state index contributed by atoms with van der Waals surface area (Å²) < 4.78 is 61.0. The molecule has 7 nitrogen and oxygen atoms in total. The Bertz CT molecular complexity index is 708. The van der Waals surface area contributed by atoms with E-state index in [0.717, 1.165) is 5.69 Å². The maximum atomic E-state index is 12.6. The average Bonchev–Trinajstić information content (AvgIpc) is 2.62. The molecule has 1 fully saturated rings. The van der Waals surface area contributed by atoms with Gasteiger partial charge >= 0.3 is 15.5 Å². The monoisotopic (exact) mass is 521 g/mol. The number of aliphatic imine (C=N–C) groups is 1.